The van der Waals surface area contributed by atoms with Crippen LogP contribution < -0.4 is 10.6 Å². The third kappa shape index (κ3) is 5.76. The van der Waals surface area contributed by atoms with Gasteiger partial charge in [-0.25, -0.2) is 4.79 Å². The summed E-state index contributed by atoms with van der Waals surface area (Å²) in [4.78, 5) is 36.6. The maximum absolute atomic E-state index is 12.9. The number of carboxylic acids is 1. The molecule has 0 spiro atoms. The molecule has 0 radical (unpaired) electrons. The van der Waals surface area contributed by atoms with Gasteiger partial charge in [-0.15, -0.1) is 0 Å². The van der Waals surface area contributed by atoms with Crippen molar-refractivity contribution in [2.45, 2.75) is 58.4 Å². The first kappa shape index (κ1) is 25.3. The monoisotopic (exact) mass is 466 g/mol. The molecule has 2 amide bonds. The van der Waals surface area contributed by atoms with E-state index in [0.717, 1.165) is 28.7 Å². The summed E-state index contributed by atoms with van der Waals surface area (Å²) >= 11 is 0. The van der Waals surface area contributed by atoms with Gasteiger partial charge >= 0.3 is 12.1 Å². The Labute approximate surface area is 200 Å². The number of carbonyl (C=O) groups is 3. The molecule has 2 aromatic carbocycles. The molecule has 0 fully saturated rings. The molecular weight excluding hydrogens is 432 g/mol. The van der Waals surface area contributed by atoms with Gasteiger partial charge in [0.1, 0.15) is 6.61 Å². The van der Waals surface area contributed by atoms with Crippen molar-refractivity contribution in [2.24, 2.45) is 5.41 Å². The van der Waals surface area contributed by atoms with Gasteiger partial charge in [0.25, 0.3) is 0 Å². The molecule has 34 heavy (non-hydrogen) atoms. The fraction of sp³-hybridized carbons (Fsp3) is 0.444. The second kappa shape index (κ2) is 11.2. The lowest BCUT2D eigenvalue weighted by Crippen LogP contribution is -2.49. The van der Waals surface area contributed by atoms with Crippen LogP contribution in [0.5, 0.6) is 0 Å². The molecule has 2 aromatic rings. The molecule has 3 N–H and O–H groups in total. The van der Waals surface area contributed by atoms with Crippen LogP contribution in [0.3, 0.4) is 0 Å². The molecule has 0 saturated heterocycles. The fourth-order valence-corrected chi connectivity index (χ4v) is 4.43. The highest BCUT2D eigenvalue weighted by Gasteiger charge is 2.34. The van der Waals surface area contributed by atoms with Crippen LogP contribution in [0.25, 0.3) is 11.1 Å². The van der Waals surface area contributed by atoms with Crippen molar-refractivity contribution >= 4 is 18.0 Å². The number of hydrogen-bond donors (Lipinski definition) is 3. The first-order valence-electron chi connectivity index (χ1n) is 11.9. The molecular formula is C27H34N2O5. The Hall–Kier alpha value is -3.35. The molecule has 182 valence electrons. The summed E-state index contributed by atoms with van der Waals surface area (Å²) in [5.41, 5.74) is 3.70. The molecule has 2 atom stereocenters. The Balaban J connectivity index is 1.58. The van der Waals surface area contributed by atoms with Crippen LogP contribution in [0.1, 0.15) is 63.5 Å². The maximum atomic E-state index is 12.9. The number of ether oxygens (including phenoxy) is 1. The van der Waals surface area contributed by atoms with Crippen molar-refractivity contribution in [3.8, 4) is 11.1 Å². The van der Waals surface area contributed by atoms with Gasteiger partial charge in [-0.2, -0.15) is 0 Å². The minimum atomic E-state index is -0.950. The van der Waals surface area contributed by atoms with Crippen LogP contribution in [0.15, 0.2) is 48.5 Å². The molecule has 2 unspecified atom stereocenters. The summed E-state index contributed by atoms with van der Waals surface area (Å²) in [5, 5.41) is 14.7. The molecule has 0 aliphatic heterocycles. The number of fused-ring (bicyclic) bond motifs is 3. The topological polar surface area (TPSA) is 105 Å². The van der Waals surface area contributed by atoms with E-state index >= 15 is 0 Å². The highest BCUT2D eigenvalue weighted by Crippen LogP contribution is 2.44. The standard InChI is InChI=1S/C27H34N2O5/c1-4-10-18(15-24(30)31)29-25(32)27(3,5-2)17-28-26(33)34-16-23-21-13-8-6-11-19(21)20-12-7-9-14-22(20)23/h6-9,11-14,18,23H,4-5,10,15-17H2,1-3H3,(H,28,33)(H,29,32)(H,30,31). The summed E-state index contributed by atoms with van der Waals surface area (Å²) < 4.78 is 5.57. The van der Waals surface area contributed by atoms with Crippen LogP contribution in [-0.2, 0) is 14.3 Å². The molecule has 0 aromatic heterocycles. The van der Waals surface area contributed by atoms with Crippen molar-refractivity contribution in [3.63, 3.8) is 0 Å². The SMILES string of the molecule is CCCC(CC(=O)O)NC(=O)C(C)(CC)CNC(=O)OCC1c2ccccc2-c2ccccc21. The van der Waals surface area contributed by atoms with Crippen molar-refractivity contribution in [2.75, 3.05) is 13.2 Å². The van der Waals surface area contributed by atoms with Crippen LogP contribution in [0.4, 0.5) is 4.79 Å². The number of nitrogens with one attached hydrogen (secondary N) is 2. The predicted octanol–water partition coefficient (Wildman–Crippen LogP) is 4.70. The van der Waals surface area contributed by atoms with E-state index in [1.54, 1.807) is 6.92 Å². The Morgan fingerprint density at radius 1 is 1.03 bits per heavy atom. The van der Waals surface area contributed by atoms with Crippen LogP contribution in [0, 0.1) is 5.41 Å². The second-order valence-electron chi connectivity index (χ2n) is 9.15. The number of rotatable bonds is 11. The van der Waals surface area contributed by atoms with Crippen molar-refractivity contribution in [3.05, 3.63) is 59.7 Å². The Kier molecular flexibility index (Phi) is 8.31. The van der Waals surface area contributed by atoms with Crippen molar-refractivity contribution < 1.29 is 24.2 Å². The van der Waals surface area contributed by atoms with Gasteiger partial charge in [-0.3, -0.25) is 9.59 Å². The van der Waals surface area contributed by atoms with Gasteiger partial charge in [-0.1, -0.05) is 68.8 Å². The Morgan fingerprint density at radius 2 is 1.62 bits per heavy atom. The quantitative estimate of drug-likeness (QED) is 0.445. The number of alkyl carbamates (subject to hydrolysis) is 1. The number of aliphatic carboxylic acids is 1. The number of amides is 2. The van der Waals surface area contributed by atoms with E-state index in [2.05, 4.69) is 34.9 Å². The van der Waals surface area contributed by atoms with Gasteiger partial charge in [0.05, 0.1) is 11.8 Å². The Morgan fingerprint density at radius 3 is 2.15 bits per heavy atom. The lowest BCUT2D eigenvalue weighted by Gasteiger charge is -2.29. The Bertz CT molecular complexity index is 992. The summed E-state index contributed by atoms with van der Waals surface area (Å²) in [6.07, 6.45) is 1.12. The third-order valence-electron chi connectivity index (χ3n) is 6.69. The largest absolute Gasteiger partial charge is 0.481 e. The highest BCUT2D eigenvalue weighted by molar-refractivity contribution is 5.84. The van der Waals surface area contributed by atoms with Gasteiger partial charge < -0.3 is 20.5 Å². The molecule has 7 nitrogen and oxygen atoms in total. The fourth-order valence-electron chi connectivity index (χ4n) is 4.43. The summed E-state index contributed by atoms with van der Waals surface area (Å²) in [7, 11) is 0. The van der Waals surface area contributed by atoms with Crippen LogP contribution in [-0.4, -0.2) is 42.3 Å². The number of carboxylic acid groups (broad SMARTS) is 1. The lowest BCUT2D eigenvalue weighted by molar-refractivity contribution is -0.138. The van der Waals surface area contributed by atoms with Crippen LogP contribution >= 0.6 is 0 Å². The predicted molar refractivity (Wildman–Crippen MR) is 131 cm³/mol. The van der Waals surface area contributed by atoms with Gasteiger partial charge in [0.2, 0.25) is 5.91 Å². The van der Waals surface area contributed by atoms with E-state index in [0.29, 0.717) is 12.8 Å². The summed E-state index contributed by atoms with van der Waals surface area (Å²) in [5.74, 6) is -1.26. The average molecular weight is 467 g/mol. The van der Waals surface area contributed by atoms with E-state index < -0.39 is 23.5 Å². The van der Waals surface area contributed by atoms with Gasteiger partial charge in [0.15, 0.2) is 0 Å². The first-order valence-corrected chi connectivity index (χ1v) is 11.9. The molecule has 7 heteroatoms. The zero-order valence-electron chi connectivity index (χ0n) is 20.1. The minimum absolute atomic E-state index is 0.0372. The normalized spacial score (nSPS) is 14.9. The average Bonchev–Trinajstić information content (AvgIpc) is 3.14. The molecule has 3 rings (SSSR count). The van der Waals surface area contributed by atoms with E-state index in [9.17, 15) is 14.4 Å². The van der Waals surface area contributed by atoms with Crippen LogP contribution in [0.2, 0.25) is 0 Å². The zero-order chi connectivity index (χ0) is 24.7. The van der Waals surface area contributed by atoms with E-state index in [1.165, 1.54) is 0 Å². The molecule has 0 heterocycles. The van der Waals surface area contributed by atoms with Crippen molar-refractivity contribution in [1.29, 1.82) is 0 Å². The second-order valence-corrected chi connectivity index (χ2v) is 9.15. The first-order chi connectivity index (χ1) is 16.3. The molecule has 0 saturated carbocycles. The molecule has 1 aliphatic rings. The number of hydrogen-bond acceptors (Lipinski definition) is 4. The van der Waals surface area contributed by atoms with Gasteiger partial charge in [-0.05, 0) is 42.0 Å². The van der Waals surface area contributed by atoms with E-state index in [-0.39, 0.29) is 31.4 Å². The zero-order valence-corrected chi connectivity index (χ0v) is 20.1. The van der Waals surface area contributed by atoms with Crippen molar-refractivity contribution in [1.82, 2.24) is 10.6 Å². The smallest absolute Gasteiger partial charge is 0.407 e. The highest BCUT2D eigenvalue weighted by atomic mass is 16.5. The summed E-state index contributed by atoms with van der Waals surface area (Å²) in [6.45, 7) is 5.86. The number of benzene rings is 2. The molecule has 1 aliphatic carbocycles. The third-order valence-corrected chi connectivity index (χ3v) is 6.69. The van der Waals surface area contributed by atoms with E-state index in [4.69, 9.17) is 9.84 Å². The molecule has 0 bridgehead atoms. The maximum Gasteiger partial charge on any atom is 0.407 e. The lowest BCUT2D eigenvalue weighted by atomic mass is 9.85. The van der Waals surface area contributed by atoms with Gasteiger partial charge in [0, 0.05) is 18.5 Å². The minimum Gasteiger partial charge on any atom is -0.481 e. The van der Waals surface area contributed by atoms with E-state index in [1.807, 2.05) is 38.1 Å². The summed E-state index contributed by atoms with van der Waals surface area (Å²) in [6, 6.07) is 15.8. The number of carbonyl (C=O) groups excluding carboxylic acids is 2.